The van der Waals surface area contributed by atoms with E-state index in [9.17, 15) is 14.7 Å². The van der Waals surface area contributed by atoms with Crippen molar-refractivity contribution in [1.82, 2.24) is 19.7 Å². The Balaban J connectivity index is 1.60. The zero-order chi connectivity index (χ0) is 17.8. The summed E-state index contributed by atoms with van der Waals surface area (Å²) in [5, 5.41) is 9.51. The first kappa shape index (κ1) is 17.7. The van der Waals surface area contributed by atoms with Gasteiger partial charge in [-0.3, -0.25) is 14.6 Å². The quantitative estimate of drug-likeness (QED) is 0.857. The van der Waals surface area contributed by atoms with Gasteiger partial charge >= 0.3 is 0 Å². The molecule has 0 radical (unpaired) electrons. The number of aromatic nitrogens is 1. The maximum Gasteiger partial charge on any atom is 0.255 e. The summed E-state index contributed by atoms with van der Waals surface area (Å²) in [5.41, 5.74) is 0.383. The molecule has 0 aliphatic carbocycles. The van der Waals surface area contributed by atoms with E-state index < -0.39 is 0 Å². The van der Waals surface area contributed by atoms with Crippen molar-refractivity contribution >= 4 is 11.8 Å². The number of hydrogen-bond acceptors (Lipinski definition) is 5. The molecule has 3 rings (SSSR count). The van der Waals surface area contributed by atoms with Gasteiger partial charge in [0.1, 0.15) is 5.75 Å². The van der Waals surface area contributed by atoms with Crippen molar-refractivity contribution in [1.29, 1.82) is 0 Å². The van der Waals surface area contributed by atoms with Gasteiger partial charge in [-0.2, -0.15) is 0 Å². The maximum atomic E-state index is 12.8. The summed E-state index contributed by atoms with van der Waals surface area (Å²) < 4.78 is 0. The number of nitrogens with zero attached hydrogens (tertiary/aromatic N) is 4. The van der Waals surface area contributed by atoms with Crippen molar-refractivity contribution < 1.29 is 14.7 Å². The molecule has 1 N–H and O–H groups in total. The largest absolute Gasteiger partial charge is 0.506 e. The van der Waals surface area contributed by atoms with E-state index in [1.54, 1.807) is 4.90 Å². The molecule has 2 amide bonds. The lowest BCUT2D eigenvalue weighted by molar-refractivity contribution is -0.137. The number of carbonyl (C=O) groups excluding carboxylic acids is 2. The number of piperidine rings is 1. The molecule has 1 aromatic rings. The number of hydrogen-bond donors (Lipinski definition) is 1. The average Bonchev–Trinajstić information content (AvgIpc) is 2.86. The van der Waals surface area contributed by atoms with E-state index >= 15 is 0 Å². The van der Waals surface area contributed by atoms with Gasteiger partial charge in [0, 0.05) is 38.9 Å². The smallest absolute Gasteiger partial charge is 0.255 e. The lowest BCUT2D eigenvalue weighted by atomic mass is 9.97. The first-order valence-corrected chi connectivity index (χ1v) is 8.95. The van der Waals surface area contributed by atoms with Crippen molar-refractivity contribution in [3.8, 4) is 5.75 Å². The molecule has 2 aliphatic rings. The molecule has 0 saturated carbocycles. The highest BCUT2D eigenvalue weighted by atomic mass is 16.3. The van der Waals surface area contributed by atoms with Crippen LogP contribution in [0.25, 0.3) is 0 Å². The Hall–Kier alpha value is -2.15. The molecular weight excluding hydrogens is 320 g/mol. The Morgan fingerprint density at radius 1 is 1.08 bits per heavy atom. The topological polar surface area (TPSA) is 77.0 Å². The van der Waals surface area contributed by atoms with Crippen LogP contribution in [0.5, 0.6) is 5.75 Å². The van der Waals surface area contributed by atoms with Gasteiger partial charge in [0.25, 0.3) is 5.91 Å². The molecule has 1 unspecified atom stereocenters. The monoisotopic (exact) mass is 346 g/mol. The Morgan fingerprint density at radius 3 is 2.60 bits per heavy atom. The molecule has 7 nitrogen and oxygen atoms in total. The van der Waals surface area contributed by atoms with Gasteiger partial charge in [-0.25, -0.2) is 0 Å². The van der Waals surface area contributed by atoms with Gasteiger partial charge in [0.05, 0.1) is 17.7 Å². The molecule has 136 valence electrons. The van der Waals surface area contributed by atoms with Crippen LogP contribution in [-0.4, -0.2) is 82.9 Å². The number of rotatable bonds is 2. The molecule has 0 bridgehead atoms. The summed E-state index contributed by atoms with van der Waals surface area (Å²) in [4.78, 5) is 35.1. The van der Waals surface area contributed by atoms with E-state index in [-0.39, 0.29) is 23.5 Å². The van der Waals surface area contributed by atoms with Crippen molar-refractivity contribution in [2.75, 3.05) is 46.3 Å². The molecule has 25 heavy (non-hydrogen) atoms. The minimum atomic E-state index is -0.143. The standard InChI is InChI=1S/C18H26N4O3/c1-20-5-2-4-14(13-20)17(24)21-6-3-7-22(9-8-21)18(25)15-10-16(23)12-19-11-15/h10-12,14,23H,2-9,13H2,1H3. The van der Waals surface area contributed by atoms with Crippen LogP contribution in [0.3, 0.4) is 0 Å². The van der Waals surface area contributed by atoms with Crippen LogP contribution in [0.4, 0.5) is 0 Å². The first-order valence-electron chi connectivity index (χ1n) is 8.95. The summed E-state index contributed by atoms with van der Waals surface area (Å²) in [7, 11) is 2.06. The normalized spacial score (nSPS) is 22.5. The van der Waals surface area contributed by atoms with Crippen molar-refractivity contribution in [3.63, 3.8) is 0 Å². The van der Waals surface area contributed by atoms with Gasteiger partial charge in [-0.1, -0.05) is 0 Å². The lowest BCUT2D eigenvalue weighted by Crippen LogP contribution is -2.45. The van der Waals surface area contributed by atoms with Crippen LogP contribution in [0, 0.1) is 5.92 Å². The molecule has 1 aromatic heterocycles. The second-order valence-electron chi connectivity index (χ2n) is 7.00. The summed E-state index contributed by atoms with van der Waals surface area (Å²) in [6, 6.07) is 1.43. The fraction of sp³-hybridized carbons (Fsp3) is 0.611. The second-order valence-corrected chi connectivity index (χ2v) is 7.00. The van der Waals surface area contributed by atoms with E-state index in [1.165, 1.54) is 18.5 Å². The highest BCUT2D eigenvalue weighted by Crippen LogP contribution is 2.19. The van der Waals surface area contributed by atoms with Gasteiger partial charge in [0.2, 0.25) is 5.91 Å². The van der Waals surface area contributed by atoms with Crippen LogP contribution in [0.15, 0.2) is 18.5 Å². The van der Waals surface area contributed by atoms with Gasteiger partial charge in [-0.05, 0) is 38.9 Å². The lowest BCUT2D eigenvalue weighted by Gasteiger charge is -2.32. The number of carbonyl (C=O) groups is 2. The highest BCUT2D eigenvalue weighted by molar-refractivity contribution is 5.94. The highest BCUT2D eigenvalue weighted by Gasteiger charge is 2.30. The summed E-state index contributed by atoms with van der Waals surface area (Å²) >= 11 is 0. The van der Waals surface area contributed by atoms with E-state index in [0.29, 0.717) is 31.7 Å². The second kappa shape index (κ2) is 7.82. The van der Waals surface area contributed by atoms with E-state index in [4.69, 9.17) is 0 Å². The Kier molecular flexibility index (Phi) is 5.53. The third-order valence-electron chi connectivity index (χ3n) is 5.04. The average molecular weight is 346 g/mol. The van der Waals surface area contributed by atoms with E-state index in [0.717, 1.165) is 32.4 Å². The predicted molar refractivity (Wildman–Crippen MR) is 93.2 cm³/mol. The van der Waals surface area contributed by atoms with E-state index in [1.807, 2.05) is 4.90 Å². The van der Waals surface area contributed by atoms with Crippen LogP contribution < -0.4 is 0 Å². The Morgan fingerprint density at radius 2 is 1.84 bits per heavy atom. The zero-order valence-electron chi connectivity index (χ0n) is 14.7. The van der Waals surface area contributed by atoms with Crippen molar-refractivity contribution in [2.45, 2.75) is 19.3 Å². The third-order valence-corrected chi connectivity index (χ3v) is 5.04. The summed E-state index contributed by atoms with van der Waals surface area (Å²) in [6.07, 6.45) is 5.56. The zero-order valence-corrected chi connectivity index (χ0v) is 14.7. The number of pyridine rings is 1. The fourth-order valence-corrected chi connectivity index (χ4v) is 3.69. The summed E-state index contributed by atoms with van der Waals surface area (Å²) in [6.45, 7) is 4.28. The number of amides is 2. The van der Waals surface area contributed by atoms with Crippen LogP contribution in [-0.2, 0) is 4.79 Å². The SMILES string of the molecule is CN1CCCC(C(=O)N2CCCN(C(=O)c3cncc(O)c3)CC2)C1. The van der Waals surface area contributed by atoms with Gasteiger partial charge in [-0.15, -0.1) is 0 Å². The molecule has 2 aliphatic heterocycles. The third kappa shape index (κ3) is 4.28. The Labute approximate surface area is 148 Å². The molecule has 2 fully saturated rings. The predicted octanol–water partition coefficient (Wildman–Crippen LogP) is 0.803. The van der Waals surface area contributed by atoms with Gasteiger partial charge < -0.3 is 19.8 Å². The van der Waals surface area contributed by atoms with Crippen molar-refractivity contribution in [2.24, 2.45) is 5.92 Å². The molecule has 0 aromatic carbocycles. The van der Waals surface area contributed by atoms with Crippen LogP contribution >= 0.6 is 0 Å². The fourth-order valence-electron chi connectivity index (χ4n) is 3.69. The molecule has 2 saturated heterocycles. The minimum Gasteiger partial charge on any atom is -0.506 e. The summed E-state index contributed by atoms with van der Waals surface area (Å²) in [5.74, 6) is 0.144. The first-order chi connectivity index (χ1) is 12.0. The molecule has 1 atom stereocenters. The van der Waals surface area contributed by atoms with Crippen LogP contribution in [0.2, 0.25) is 0 Å². The molecule has 7 heteroatoms. The molecule has 0 spiro atoms. The number of likely N-dealkylation sites (tertiary alicyclic amines) is 1. The van der Waals surface area contributed by atoms with E-state index in [2.05, 4.69) is 16.9 Å². The van der Waals surface area contributed by atoms with Crippen molar-refractivity contribution in [3.05, 3.63) is 24.0 Å². The maximum absolute atomic E-state index is 12.8. The van der Waals surface area contributed by atoms with Gasteiger partial charge in [0.15, 0.2) is 0 Å². The number of aromatic hydroxyl groups is 1. The minimum absolute atomic E-state index is 0.0149. The Bertz CT molecular complexity index is 637. The molecular formula is C18H26N4O3. The van der Waals surface area contributed by atoms with Crippen LogP contribution in [0.1, 0.15) is 29.6 Å². The molecule has 3 heterocycles.